The molecule has 1 aromatic heterocycles. The highest BCUT2D eigenvalue weighted by atomic mass is 35.5. The van der Waals surface area contributed by atoms with Gasteiger partial charge < -0.3 is 0 Å². The fourth-order valence-electron chi connectivity index (χ4n) is 1.52. The Morgan fingerprint density at radius 2 is 1.94 bits per heavy atom. The molecule has 0 saturated heterocycles. The van der Waals surface area contributed by atoms with Crippen LogP contribution in [-0.4, -0.2) is 0 Å². The largest absolute Gasteiger partial charge is 0.271 e. The zero-order valence-corrected chi connectivity index (χ0v) is 10.6. The summed E-state index contributed by atoms with van der Waals surface area (Å²) in [6.45, 7) is 0. The molecular formula is C11H10Cl2N2S. The predicted molar refractivity (Wildman–Crippen MR) is 69.9 cm³/mol. The molecule has 2 rings (SSSR count). The maximum Gasteiger partial charge on any atom is 0.0718 e. The van der Waals surface area contributed by atoms with Crippen molar-refractivity contribution in [1.82, 2.24) is 5.43 Å². The van der Waals surface area contributed by atoms with Gasteiger partial charge in [0.1, 0.15) is 0 Å². The molecule has 0 saturated carbocycles. The van der Waals surface area contributed by atoms with E-state index in [1.54, 1.807) is 17.4 Å². The van der Waals surface area contributed by atoms with Crippen molar-refractivity contribution < 1.29 is 0 Å². The summed E-state index contributed by atoms with van der Waals surface area (Å²) in [5.74, 6) is 5.56. The van der Waals surface area contributed by atoms with Crippen LogP contribution in [0.1, 0.15) is 17.2 Å². The summed E-state index contributed by atoms with van der Waals surface area (Å²) in [7, 11) is 0. The first kappa shape index (κ1) is 11.9. The van der Waals surface area contributed by atoms with E-state index in [-0.39, 0.29) is 6.04 Å². The molecule has 0 radical (unpaired) electrons. The van der Waals surface area contributed by atoms with Crippen molar-refractivity contribution >= 4 is 34.5 Å². The summed E-state index contributed by atoms with van der Waals surface area (Å²) in [5, 5.41) is 5.14. The standard InChI is InChI=1S/C11H10Cl2N2S/c12-9-2-1-7(5-10(9)13)11(15-14)8-3-4-16-6-8/h1-6,11,15H,14H2. The molecule has 84 valence electrons. The molecule has 3 N–H and O–H groups in total. The molecule has 1 heterocycles. The first-order valence-electron chi connectivity index (χ1n) is 4.65. The van der Waals surface area contributed by atoms with Crippen LogP contribution in [0.3, 0.4) is 0 Å². The van der Waals surface area contributed by atoms with E-state index in [9.17, 15) is 0 Å². The van der Waals surface area contributed by atoms with Crippen LogP contribution in [0.5, 0.6) is 0 Å². The van der Waals surface area contributed by atoms with Gasteiger partial charge in [0.2, 0.25) is 0 Å². The number of nitrogens with two attached hydrogens (primary N) is 1. The van der Waals surface area contributed by atoms with Gasteiger partial charge in [0.05, 0.1) is 16.1 Å². The van der Waals surface area contributed by atoms with Gasteiger partial charge in [0, 0.05) is 0 Å². The highest BCUT2D eigenvalue weighted by Gasteiger charge is 2.13. The lowest BCUT2D eigenvalue weighted by Crippen LogP contribution is -2.28. The molecule has 1 atom stereocenters. The van der Waals surface area contributed by atoms with Gasteiger partial charge in [-0.3, -0.25) is 5.84 Å². The summed E-state index contributed by atoms with van der Waals surface area (Å²) >= 11 is 13.5. The van der Waals surface area contributed by atoms with E-state index in [1.807, 2.05) is 29.0 Å². The zero-order chi connectivity index (χ0) is 11.5. The fourth-order valence-corrected chi connectivity index (χ4v) is 2.51. The van der Waals surface area contributed by atoms with E-state index in [4.69, 9.17) is 29.0 Å². The summed E-state index contributed by atoms with van der Waals surface area (Å²) in [6.07, 6.45) is 0. The number of benzene rings is 1. The third-order valence-corrected chi connectivity index (χ3v) is 3.76. The molecule has 0 fully saturated rings. The van der Waals surface area contributed by atoms with Gasteiger partial charge in [-0.15, -0.1) is 0 Å². The topological polar surface area (TPSA) is 38.0 Å². The second kappa shape index (κ2) is 5.17. The number of hydrazine groups is 1. The lowest BCUT2D eigenvalue weighted by Gasteiger charge is -2.15. The Balaban J connectivity index is 2.37. The Morgan fingerprint density at radius 1 is 1.12 bits per heavy atom. The quantitative estimate of drug-likeness (QED) is 0.662. The Morgan fingerprint density at radius 3 is 2.50 bits per heavy atom. The highest BCUT2D eigenvalue weighted by Crippen LogP contribution is 2.29. The second-order valence-corrected chi connectivity index (χ2v) is 4.92. The van der Waals surface area contributed by atoms with Crippen LogP contribution >= 0.6 is 34.5 Å². The van der Waals surface area contributed by atoms with Crippen LogP contribution in [0.15, 0.2) is 35.0 Å². The third-order valence-electron chi connectivity index (χ3n) is 2.32. The first-order chi connectivity index (χ1) is 7.72. The number of halogens is 2. The van der Waals surface area contributed by atoms with Crippen LogP contribution < -0.4 is 11.3 Å². The molecule has 0 aliphatic carbocycles. The Hall–Kier alpha value is -0.580. The molecular weight excluding hydrogens is 263 g/mol. The molecule has 16 heavy (non-hydrogen) atoms. The lowest BCUT2D eigenvalue weighted by atomic mass is 10.0. The van der Waals surface area contributed by atoms with Crippen LogP contribution in [0, 0.1) is 0 Å². The number of rotatable bonds is 3. The van der Waals surface area contributed by atoms with Crippen molar-refractivity contribution in [3.8, 4) is 0 Å². The molecule has 0 aliphatic rings. The minimum atomic E-state index is -0.0546. The van der Waals surface area contributed by atoms with E-state index in [1.165, 1.54) is 0 Å². The molecule has 1 aromatic carbocycles. The summed E-state index contributed by atoms with van der Waals surface area (Å²) in [6, 6.07) is 7.48. The monoisotopic (exact) mass is 272 g/mol. The molecule has 5 heteroatoms. The fraction of sp³-hybridized carbons (Fsp3) is 0.0909. The molecule has 1 unspecified atom stereocenters. The second-order valence-electron chi connectivity index (χ2n) is 3.33. The van der Waals surface area contributed by atoms with Crippen molar-refractivity contribution in [2.45, 2.75) is 6.04 Å². The maximum atomic E-state index is 5.98. The van der Waals surface area contributed by atoms with Crippen LogP contribution in [0.25, 0.3) is 0 Å². The number of thiophene rings is 1. The molecule has 0 amide bonds. The molecule has 0 spiro atoms. The Kier molecular flexibility index (Phi) is 3.84. The van der Waals surface area contributed by atoms with E-state index in [0.29, 0.717) is 10.0 Å². The summed E-state index contributed by atoms with van der Waals surface area (Å²) in [5.41, 5.74) is 4.88. The Labute approximate surface area is 108 Å². The summed E-state index contributed by atoms with van der Waals surface area (Å²) in [4.78, 5) is 0. The van der Waals surface area contributed by atoms with Gasteiger partial charge in [-0.2, -0.15) is 11.3 Å². The van der Waals surface area contributed by atoms with Gasteiger partial charge in [0.25, 0.3) is 0 Å². The van der Waals surface area contributed by atoms with E-state index >= 15 is 0 Å². The summed E-state index contributed by atoms with van der Waals surface area (Å²) < 4.78 is 0. The lowest BCUT2D eigenvalue weighted by molar-refractivity contribution is 0.639. The average molecular weight is 273 g/mol. The van der Waals surface area contributed by atoms with E-state index in [0.717, 1.165) is 11.1 Å². The molecule has 2 aromatic rings. The van der Waals surface area contributed by atoms with Crippen molar-refractivity contribution in [2.75, 3.05) is 0 Å². The molecule has 0 aliphatic heterocycles. The van der Waals surface area contributed by atoms with Crippen LogP contribution in [0.2, 0.25) is 10.0 Å². The van der Waals surface area contributed by atoms with Gasteiger partial charge in [0.15, 0.2) is 0 Å². The molecule has 0 bridgehead atoms. The maximum absolute atomic E-state index is 5.98. The minimum Gasteiger partial charge on any atom is -0.271 e. The number of nitrogens with one attached hydrogen (secondary N) is 1. The smallest absolute Gasteiger partial charge is 0.0718 e. The third kappa shape index (κ3) is 2.39. The zero-order valence-electron chi connectivity index (χ0n) is 8.28. The van der Waals surface area contributed by atoms with Crippen LogP contribution in [0.4, 0.5) is 0 Å². The average Bonchev–Trinajstić information content (AvgIpc) is 2.78. The van der Waals surface area contributed by atoms with Crippen molar-refractivity contribution in [1.29, 1.82) is 0 Å². The SMILES string of the molecule is NNC(c1ccsc1)c1ccc(Cl)c(Cl)c1. The van der Waals surface area contributed by atoms with Crippen LogP contribution in [-0.2, 0) is 0 Å². The highest BCUT2D eigenvalue weighted by molar-refractivity contribution is 7.08. The normalized spacial score (nSPS) is 12.7. The predicted octanol–water partition coefficient (Wildman–Crippen LogP) is 3.61. The molecule has 2 nitrogen and oxygen atoms in total. The van der Waals surface area contributed by atoms with Crippen molar-refractivity contribution in [2.24, 2.45) is 5.84 Å². The van der Waals surface area contributed by atoms with E-state index < -0.39 is 0 Å². The van der Waals surface area contributed by atoms with Crippen molar-refractivity contribution in [3.05, 3.63) is 56.2 Å². The van der Waals surface area contributed by atoms with Crippen molar-refractivity contribution in [3.63, 3.8) is 0 Å². The number of hydrogen-bond acceptors (Lipinski definition) is 3. The van der Waals surface area contributed by atoms with Gasteiger partial charge in [-0.05, 0) is 40.1 Å². The van der Waals surface area contributed by atoms with Gasteiger partial charge in [-0.25, -0.2) is 5.43 Å². The van der Waals surface area contributed by atoms with Gasteiger partial charge in [-0.1, -0.05) is 29.3 Å². The van der Waals surface area contributed by atoms with E-state index in [2.05, 4.69) is 5.43 Å². The first-order valence-corrected chi connectivity index (χ1v) is 6.35. The minimum absolute atomic E-state index is 0.0546. The van der Waals surface area contributed by atoms with Gasteiger partial charge >= 0.3 is 0 Å². The number of hydrogen-bond donors (Lipinski definition) is 2. The Bertz CT molecular complexity index is 471.